The minimum atomic E-state index is -0.774. The van der Waals surface area contributed by atoms with Gasteiger partial charge in [0.05, 0.1) is 11.6 Å². The van der Waals surface area contributed by atoms with Crippen LogP contribution in [0, 0.1) is 5.92 Å². The molecule has 1 aliphatic carbocycles. The second-order valence-corrected chi connectivity index (χ2v) is 5.75. The van der Waals surface area contributed by atoms with Crippen LogP contribution in [0.4, 0.5) is 0 Å². The molecule has 1 amide bonds. The molecule has 0 saturated heterocycles. The Kier molecular flexibility index (Phi) is 4.11. The first-order valence-electron chi connectivity index (χ1n) is 6.96. The van der Waals surface area contributed by atoms with Gasteiger partial charge in [-0.25, -0.2) is 0 Å². The van der Waals surface area contributed by atoms with Crippen molar-refractivity contribution in [1.82, 2.24) is 15.1 Å². The average molecular weight is 279 g/mol. The molecule has 20 heavy (non-hydrogen) atoms. The molecule has 1 saturated carbocycles. The molecule has 1 fully saturated rings. The van der Waals surface area contributed by atoms with Crippen molar-refractivity contribution in [3.05, 3.63) is 17.5 Å². The molecule has 0 bridgehead atoms. The Bertz CT molecular complexity index is 522. The van der Waals surface area contributed by atoms with Gasteiger partial charge in [0.25, 0.3) is 5.91 Å². The van der Waals surface area contributed by atoms with E-state index in [0.29, 0.717) is 18.5 Å². The third-order valence-electron chi connectivity index (χ3n) is 3.84. The highest BCUT2D eigenvalue weighted by Gasteiger charge is 2.31. The average Bonchev–Trinajstić information content (AvgIpc) is 2.95. The van der Waals surface area contributed by atoms with Crippen molar-refractivity contribution in [2.45, 2.75) is 45.1 Å². The zero-order valence-electron chi connectivity index (χ0n) is 12.1. The number of nitrogens with one attached hydrogen (secondary N) is 1. The topological polar surface area (TPSA) is 84.2 Å². The summed E-state index contributed by atoms with van der Waals surface area (Å²) in [7, 11) is 1.75. The van der Waals surface area contributed by atoms with E-state index in [2.05, 4.69) is 10.4 Å². The van der Waals surface area contributed by atoms with Gasteiger partial charge in [-0.1, -0.05) is 13.8 Å². The number of amides is 1. The van der Waals surface area contributed by atoms with Crippen molar-refractivity contribution in [3.8, 4) is 0 Å². The molecular weight excluding hydrogens is 258 g/mol. The van der Waals surface area contributed by atoms with Crippen LogP contribution in [-0.2, 0) is 11.8 Å². The van der Waals surface area contributed by atoms with Crippen LogP contribution >= 0.6 is 0 Å². The van der Waals surface area contributed by atoms with Gasteiger partial charge in [-0.15, -0.1) is 0 Å². The summed E-state index contributed by atoms with van der Waals surface area (Å²) < 4.78 is 1.58. The van der Waals surface area contributed by atoms with E-state index in [1.807, 2.05) is 13.8 Å². The second-order valence-electron chi connectivity index (χ2n) is 5.75. The van der Waals surface area contributed by atoms with Crippen molar-refractivity contribution >= 4 is 11.9 Å². The molecule has 6 nitrogen and oxygen atoms in total. The third kappa shape index (κ3) is 3.00. The lowest BCUT2D eigenvalue weighted by Crippen LogP contribution is -2.34. The fraction of sp³-hybridized carbons (Fsp3) is 0.643. The second kappa shape index (κ2) is 5.64. The van der Waals surface area contributed by atoms with Crippen molar-refractivity contribution in [2.24, 2.45) is 13.0 Å². The summed E-state index contributed by atoms with van der Waals surface area (Å²) in [6, 6.07) is 1.74. The highest BCUT2D eigenvalue weighted by Crippen LogP contribution is 2.26. The van der Waals surface area contributed by atoms with Crippen molar-refractivity contribution in [1.29, 1.82) is 0 Å². The highest BCUT2D eigenvalue weighted by molar-refractivity contribution is 5.93. The number of rotatable bonds is 4. The van der Waals surface area contributed by atoms with E-state index < -0.39 is 5.97 Å². The van der Waals surface area contributed by atoms with Crippen molar-refractivity contribution in [2.75, 3.05) is 0 Å². The maximum Gasteiger partial charge on any atom is 0.306 e. The highest BCUT2D eigenvalue weighted by atomic mass is 16.4. The first-order chi connectivity index (χ1) is 9.38. The number of aliphatic carboxylic acids is 1. The van der Waals surface area contributed by atoms with E-state index in [1.165, 1.54) is 0 Å². The van der Waals surface area contributed by atoms with Crippen molar-refractivity contribution < 1.29 is 14.7 Å². The summed E-state index contributed by atoms with van der Waals surface area (Å²) >= 11 is 0. The Morgan fingerprint density at radius 1 is 1.45 bits per heavy atom. The van der Waals surface area contributed by atoms with Crippen LogP contribution < -0.4 is 5.32 Å². The van der Waals surface area contributed by atoms with Crippen molar-refractivity contribution in [3.63, 3.8) is 0 Å². The molecule has 0 unspecified atom stereocenters. The Morgan fingerprint density at radius 2 is 2.15 bits per heavy atom. The van der Waals surface area contributed by atoms with E-state index in [-0.39, 0.29) is 23.8 Å². The zero-order chi connectivity index (χ0) is 14.9. The van der Waals surface area contributed by atoms with Gasteiger partial charge < -0.3 is 10.4 Å². The number of carbonyl (C=O) groups is 2. The van der Waals surface area contributed by atoms with E-state index in [4.69, 9.17) is 5.11 Å². The fourth-order valence-corrected chi connectivity index (χ4v) is 2.58. The number of hydrogen-bond donors (Lipinski definition) is 2. The molecule has 0 aliphatic heterocycles. The molecule has 0 aromatic carbocycles. The van der Waals surface area contributed by atoms with E-state index in [1.54, 1.807) is 17.8 Å². The maximum absolute atomic E-state index is 12.2. The zero-order valence-corrected chi connectivity index (χ0v) is 12.1. The minimum absolute atomic E-state index is 0.0546. The van der Waals surface area contributed by atoms with E-state index >= 15 is 0 Å². The Balaban J connectivity index is 2.01. The van der Waals surface area contributed by atoms with Crippen LogP contribution in [0.15, 0.2) is 6.07 Å². The summed E-state index contributed by atoms with van der Waals surface area (Å²) in [5.74, 6) is -1.02. The smallest absolute Gasteiger partial charge is 0.306 e. The number of aryl methyl sites for hydroxylation is 1. The number of carbonyl (C=O) groups excluding carboxylic acids is 1. The van der Waals surface area contributed by atoms with Gasteiger partial charge in [0.2, 0.25) is 0 Å². The molecule has 0 spiro atoms. The molecule has 1 aromatic heterocycles. The minimum Gasteiger partial charge on any atom is -0.481 e. The van der Waals surface area contributed by atoms with Crippen LogP contribution in [-0.4, -0.2) is 32.8 Å². The lowest BCUT2D eigenvalue weighted by atomic mass is 10.1. The molecule has 0 radical (unpaired) electrons. The number of carboxylic acid groups (broad SMARTS) is 1. The molecule has 2 atom stereocenters. The van der Waals surface area contributed by atoms with Gasteiger partial charge in [0.15, 0.2) is 0 Å². The molecule has 2 rings (SSSR count). The molecule has 6 heteroatoms. The van der Waals surface area contributed by atoms with Gasteiger partial charge in [-0.3, -0.25) is 14.3 Å². The number of nitrogens with zero attached hydrogens (tertiary/aromatic N) is 2. The monoisotopic (exact) mass is 279 g/mol. The van der Waals surface area contributed by atoms with Gasteiger partial charge in [0, 0.05) is 13.1 Å². The quantitative estimate of drug-likeness (QED) is 0.875. The standard InChI is InChI=1S/C14H21N3O3/c1-8(2)11-7-12(17(3)16-11)13(18)15-10-5-4-9(6-10)14(19)20/h7-10H,4-6H2,1-3H3,(H,15,18)(H,19,20)/t9-,10+/m1/s1. The van der Waals surface area contributed by atoms with Gasteiger partial charge in [-0.2, -0.15) is 5.10 Å². The molecule has 1 heterocycles. The first kappa shape index (κ1) is 14.6. The van der Waals surface area contributed by atoms with Gasteiger partial charge in [-0.05, 0) is 31.2 Å². The van der Waals surface area contributed by atoms with Crippen LogP contribution in [0.5, 0.6) is 0 Å². The molecule has 1 aliphatic rings. The predicted octanol–water partition coefficient (Wildman–Crippen LogP) is 1.53. The SMILES string of the molecule is CC(C)c1cc(C(=O)N[C@H]2CC[C@@H](C(=O)O)C2)n(C)n1. The molecule has 2 N–H and O–H groups in total. The molecule has 110 valence electrons. The number of hydrogen-bond acceptors (Lipinski definition) is 3. The summed E-state index contributed by atoms with van der Waals surface area (Å²) in [6.45, 7) is 4.05. The molecule has 1 aromatic rings. The molecular formula is C14H21N3O3. The van der Waals surface area contributed by atoms with E-state index in [0.717, 1.165) is 12.1 Å². The number of aromatic nitrogens is 2. The summed E-state index contributed by atoms with van der Waals surface area (Å²) in [6.07, 6.45) is 1.86. The summed E-state index contributed by atoms with van der Waals surface area (Å²) in [4.78, 5) is 23.1. The maximum atomic E-state index is 12.2. The van der Waals surface area contributed by atoms with Crippen LogP contribution in [0.1, 0.15) is 55.2 Å². The fourth-order valence-electron chi connectivity index (χ4n) is 2.58. The Hall–Kier alpha value is -1.85. The predicted molar refractivity (Wildman–Crippen MR) is 73.5 cm³/mol. The Labute approximate surface area is 118 Å². The third-order valence-corrected chi connectivity index (χ3v) is 3.84. The first-order valence-corrected chi connectivity index (χ1v) is 6.96. The Morgan fingerprint density at radius 3 is 2.65 bits per heavy atom. The van der Waals surface area contributed by atoms with Crippen LogP contribution in [0.3, 0.4) is 0 Å². The summed E-state index contributed by atoms with van der Waals surface area (Å²) in [5.41, 5.74) is 1.40. The van der Waals surface area contributed by atoms with Gasteiger partial charge in [0.1, 0.15) is 5.69 Å². The largest absolute Gasteiger partial charge is 0.481 e. The number of carboxylic acids is 1. The van der Waals surface area contributed by atoms with Gasteiger partial charge >= 0.3 is 5.97 Å². The van der Waals surface area contributed by atoms with Crippen LogP contribution in [0.2, 0.25) is 0 Å². The van der Waals surface area contributed by atoms with E-state index in [9.17, 15) is 9.59 Å². The lowest BCUT2D eigenvalue weighted by Gasteiger charge is -2.12. The normalized spacial score (nSPS) is 22.2. The lowest BCUT2D eigenvalue weighted by molar-refractivity contribution is -0.141. The summed E-state index contributed by atoms with van der Waals surface area (Å²) in [5, 5.41) is 16.2. The van der Waals surface area contributed by atoms with Crippen LogP contribution in [0.25, 0.3) is 0 Å².